The Hall–Kier alpha value is -1.44. The Bertz CT molecular complexity index is 598. The summed E-state index contributed by atoms with van der Waals surface area (Å²) in [6.45, 7) is 2.41. The Morgan fingerprint density at radius 2 is 2.21 bits per heavy atom. The molecule has 0 aromatic heterocycles. The van der Waals surface area contributed by atoms with E-state index >= 15 is 0 Å². The third kappa shape index (κ3) is 2.94. The van der Waals surface area contributed by atoms with E-state index < -0.39 is 22.0 Å². The maximum atomic E-state index is 11.9. The van der Waals surface area contributed by atoms with Crippen LogP contribution in [0, 0.1) is 0 Å². The molecule has 0 aliphatic carbocycles. The molecule has 6 nitrogen and oxygen atoms in total. The minimum absolute atomic E-state index is 0.212. The van der Waals surface area contributed by atoms with Gasteiger partial charge in [-0.15, -0.1) is 0 Å². The number of benzene rings is 1. The van der Waals surface area contributed by atoms with Crippen molar-refractivity contribution in [1.29, 1.82) is 0 Å². The lowest BCUT2D eigenvalue weighted by Gasteiger charge is -2.23. The Morgan fingerprint density at radius 3 is 2.84 bits per heavy atom. The van der Waals surface area contributed by atoms with Crippen molar-refractivity contribution >= 4 is 16.0 Å². The monoisotopic (exact) mass is 284 g/mol. The molecular formula is C12H16N2O4S. The van der Waals surface area contributed by atoms with Gasteiger partial charge in [0.15, 0.2) is 0 Å². The Kier molecular flexibility index (Phi) is 3.88. The molecule has 104 valence electrons. The number of hydrogen-bond acceptors (Lipinski definition) is 4. The molecule has 0 saturated heterocycles. The minimum Gasteiger partial charge on any atom is -0.480 e. The molecule has 0 amide bonds. The molecule has 19 heavy (non-hydrogen) atoms. The van der Waals surface area contributed by atoms with E-state index in [1.54, 1.807) is 19.1 Å². The summed E-state index contributed by atoms with van der Waals surface area (Å²) in [5.74, 6) is -0.894. The van der Waals surface area contributed by atoms with Gasteiger partial charge in [0.2, 0.25) is 10.0 Å². The third-order valence-corrected chi connectivity index (χ3v) is 4.63. The standard InChI is InChI=1S/C12H16N2O4S/c1-2-14-19(17,18)10-4-3-8-6-11(12(15)16)13-7-9(8)5-10/h3-5,11,13-14H,2,6-7H2,1H3,(H,15,16). The predicted molar refractivity (Wildman–Crippen MR) is 69.3 cm³/mol. The summed E-state index contributed by atoms with van der Waals surface area (Å²) < 4.78 is 26.2. The first-order valence-corrected chi connectivity index (χ1v) is 7.50. The van der Waals surface area contributed by atoms with Crippen LogP contribution in [0.25, 0.3) is 0 Å². The van der Waals surface area contributed by atoms with Gasteiger partial charge in [-0.1, -0.05) is 13.0 Å². The van der Waals surface area contributed by atoms with Crippen LogP contribution in [0.3, 0.4) is 0 Å². The first-order valence-electron chi connectivity index (χ1n) is 6.01. The van der Waals surface area contributed by atoms with Gasteiger partial charge in [-0.05, 0) is 29.7 Å². The van der Waals surface area contributed by atoms with Gasteiger partial charge in [0.05, 0.1) is 4.90 Å². The lowest BCUT2D eigenvalue weighted by molar-refractivity contribution is -0.139. The average molecular weight is 284 g/mol. The Balaban J connectivity index is 2.30. The van der Waals surface area contributed by atoms with Gasteiger partial charge in [0.1, 0.15) is 6.04 Å². The van der Waals surface area contributed by atoms with E-state index in [0.717, 1.165) is 11.1 Å². The van der Waals surface area contributed by atoms with E-state index in [4.69, 9.17) is 5.11 Å². The second kappa shape index (κ2) is 5.28. The summed E-state index contributed by atoms with van der Waals surface area (Å²) in [5, 5.41) is 11.8. The average Bonchev–Trinajstić information content (AvgIpc) is 2.37. The SMILES string of the molecule is CCNS(=O)(=O)c1ccc2c(c1)CNC(C(=O)O)C2. The maximum absolute atomic E-state index is 11.9. The topological polar surface area (TPSA) is 95.5 Å². The van der Waals surface area contributed by atoms with Crippen molar-refractivity contribution in [3.63, 3.8) is 0 Å². The van der Waals surface area contributed by atoms with Crippen LogP contribution in [-0.2, 0) is 27.8 Å². The van der Waals surface area contributed by atoms with Gasteiger partial charge in [-0.3, -0.25) is 4.79 Å². The number of carboxylic acids is 1. The van der Waals surface area contributed by atoms with E-state index in [0.29, 0.717) is 19.5 Å². The van der Waals surface area contributed by atoms with Crippen molar-refractivity contribution in [2.24, 2.45) is 0 Å². The quantitative estimate of drug-likeness (QED) is 0.728. The fourth-order valence-corrected chi connectivity index (χ4v) is 3.20. The molecule has 1 aromatic rings. The van der Waals surface area contributed by atoms with Crippen LogP contribution in [0.5, 0.6) is 0 Å². The predicted octanol–water partition coefficient (Wildman–Crippen LogP) is 0.0837. The lowest BCUT2D eigenvalue weighted by Crippen LogP contribution is -2.41. The zero-order chi connectivity index (χ0) is 14.0. The van der Waals surface area contributed by atoms with Crippen LogP contribution >= 0.6 is 0 Å². The second-order valence-corrected chi connectivity index (χ2v) is 6.17. The summed E-state index contributed by atoms with van der Waals surface area (Å²) >= 11 is 0. The summed E-state index contributed by atoms with van der Waals surface area (Å²) in [5.41, 5.74) is 1.71. The van der Waals surface area contributed by atoms with E-state index in [9.17, 15) is 13.2 Å². The normalized spacial score (nSPS) is 18.9. The van der Waals surface area contributed by atoms with E-state index in [1.807, 2.05) is 0 Å². The highest BCUT2D eigenvalue weighted by Crippen LogP contribution is 2.21. The van der Waals surface area contributed by atoms with E-state index in [-0.39, 0.29) is 4.90 Å². The van der Waals surface area contributed by atoms with Crippen LogP contribution in [0.4, 0.5) is 0 Å². The number of carboxylic acid groups (broad SMARTS) is 1. The number of nitrogens with one attached hydrogen (secondary N) is 2. The minimum atomic E-state index is -3.47. The van der Waals surface area contributed by atoms with Crippen LogP contribution in [0.1, 0.15) is 18.1 Å². The fourth-order valence-electron chi connectivity index (χ4n) is 2.11. The summed E-state index contributed by atoms with van der Waals surface area (Å²) in [4.78, 5) is 11.1. The lowest BCUT2D eigenvalue weighted by atomic mass is 9.96. The molecule has 0 saturated carbocycles. The van der Waals surface area contributed by atoms with Crippen LogP contribution in [-0.4, -0.2) is 32.1 Å². The molecule has 1 aromatic carbocycles. The van der Waals surface area contributed by atoms with Gasteiger partial charge in [-0.25, -0.2) is 13.1 Å². The van der Waals surface area contributed by atoms with Crippen molar-refractivity contribution in [2.75, 3.05) is 6.54 Å². The van der Waals surface area contributed by atoms with Gasteiger partial charge in [0, 0.05) is 13.1 Å². The number of sulfonamides is 1. The Morgan fingerprint density at radius 1 is 1.47 bits per heavy atom. The molecule has 0 fully saturated rings. The first kappa shape index (κ1) is 14.0. The third-order valence-electron chi connectivity index (χ3n) is 3.08. The molecule has 0 radical (unpaired) electrons. The summed E-state index contributed by atoms with van der Waals surface area (Å²) in [6.07, 6.45) is 0.367. The highest BCUT2D eigenvalue weighted by atomic mass is 32.2. The van der Waals surface area contributed by atoms with Crippen LogP contribution < -0.4 is 10.0 Å². The molecule has 1 aliphatic rings. The molecule has 0 spiro atoms. The molecule has 7 heteroatoms. The molecule has 1 aliphatic heterocycles. The van der Waals surface area contributed by atoms with Gasteiger partial charge >= 0.3 is 5.97 Å². The summed E-state index contributed by atoms with van der Waals surface area (Å²) in [7, 11) is -3.47. The fraction of sp³-hybridized carbons (Fsp3) is 0.417. The van der Waals surface area contributed by atoms with Gasteiger partial charge in [0.25, 0.3) is 0 Å². The van der Waals surface area contributed by atoms with Crippen LogP contribution in [0.15, 0.2) is 23.1 Å². The molecule has 1 atom stereocenters. The zero-order valence-corrected chi connectivity index (χ0v) is 11.3. The van der Waals surface area contributed by atoms with Crippen molar-refractivity contribution < 1.29 is 18.3 Å². The number of aliphatic carboxylic acids is 1. The van der Waals surface area contributed by atoms with E-state index in [1.165, 1.54) is 6.07 Å². The van der Waals surface area contributed by atoms with Gasteiger partial charge < -0.3 is 10.4 Å². The molecule has 3 N–H and O–H groups in total. The Labute approximate surface area is 111 Å². The number of fused-ring (bicyclic) bond motifs is 1. The molecular weight excluding hydrogens is 268 g/mol. The maximum Gasteiger partial charge on any atom is 0.321 e. The van der Waals surface area contributed by atoms with Crippen LogP contribution in [0.2, 0.25) is 0 Å². The van der Waals surface area contributed by atoms with Crippen molar-refractivity contribution in [3.8, 4) is 0 Å². The number of hydrogen-bond donors (Lipinski definition) is 3. The van der Waals surface area contributed by atoms with Gasteiger partial charge in [-0.2, -0.15) is 0 Å². The molecule has 2 rings (SSSR count). The van der Waals surface area contributed by atoms with Crippen molar-refractivity contribution in [1.82, 2.24) is 10.0 Å². The largest absolute Gasteiger partial charge is 0.480 e. The highest BCUT2D eigenvalue weighted by molar-refractivity contribution is 7.89. The number of carbonyl (C=O) groups is 1. The first-order chi connectivity index (χ1) is 8.94. The van der Waals surface area contributed by atoms with Crippen molar-refractivity contribution in [3.05, 3.63) is 29.3 Å². The zero-order valence-electron chi connectivity index (χ0n) is 10.5. The number of rotatable bonds is 4. The summed E-state index contributed by atoms with van der Waals surface area (Å²) in [6, 6.07) is 4.19. The molecule has 1 unspecified atom stereocenters. The van der Waals surface area contributed by atoms with Crippen molar-refractivity contribution in [2.45, 2.75) is 30.8 Å². The molecule has 0 bridgehead atoms. The smallest absolute Gasteiger partial charge is 0.321 e. The second-order valence-electron chi connectivity index (χ2n) is 4.41. The highest BCUT2D eigenvalue weighted by Gasteiger charge is 2.24. The molecule has 1 heterocycles. The van der Waals surface area contributed by atoms with E-state index in [2.05, 4.69) is 10.0 Å².